The SMILES string of the molecule is CCCCC/C=C\C/C=C\CCCCCCCC(=O)OC(COC(=O)CCCCCCCCCCCCC)COC(=O)CCCCCCCCCCCCCCCCCCCCC. The molecule has 0 aromatic carbocycles. The number of unbranched alkanes of at least 4 members (excludes halogenated alkanes) is 36. The number of rotatable bonds is 51. The highest BCUT2D eigenvalue weighted by Gasteiger charge is 2.19. The van der Waals surface area contributed by atoms with Gasteiger partial charge in [0.15, 0.2) is 6.10 Å². The molecule has 6 nitrogen and oxygen atoms in total. The molecule has 1 atom stereocenters. The van der Waals surface area contributed by atoms with Gasteiger partial charge in [0, 0.05) is 19.3 Å². The second-order valence-corrected chi connectivity index (χ2v) is 18.9. The molecule has 370 valence electrons. The van der Waals surface area contributed by atoms with Crippen LogP contribution < -0.4 is 0 Å². The van der Waals surface area contributed by atoms with Crippen LogP contribution in [0, 0.1) is 0 Å². The first-order valence-corrected chi connectivity index (χ1v) is 27.8. The van der Waals surface area contributed by atoms with Crippen LogP contribution >= 0.6 is 0 Å². The van der Waals surface area contributed by atoms with E-state index in [-0.39, 0.29) is 31.1 Å². The van der Waals surface area contributed by atoms with E-state index in [1.54, 1.807) is 0 Å². The van der Waals surface area contributed by atoms with Crippen LogP contribution in [0.5, 0.6) is 0 Å². The number of allylic oxidation sites excluding steroid dienone is 4. The Morgan fingerprint density at radius 1 is 0.317 bits per heavy atom. The van der Waals surface area contributed by atoms with Gasteiger partial charge < -0.3 is 14.2 Å². The summed E-state index contributed by atoms with van der Waals surface area (Å²) in [6.07, 6.45) is 60.2. The predicted octanol–water partition coefficient (Wildman–Crippen LogP) is 18.3. The van der Waals surface area contributed by atoms with Gasteiger partial charge in [0.25, 0.3) is 0 Å². The fourth-order valence-corrected chi connectivity index (χ4v) is 8.24. The van der Waals surface area contributed by atoms with Gasteiger partial charge >= 0.3 is 17.9 Å². The number of carbonyl (C=O) groups excluding carboxylic acids is 3. The average Bonchev–Trinajstić information content (AvgIpc) is 3.28. The van der Waals surface area contributed by atoms with Crippen LogP contribution in [0.15, 0.2) is 24.3 Å². The van der Waals surface area contributed by atoms with Gasteiger partial charge in [-0.2, -0.15) is 0 Å². The lowest BCUT2D eigenvalue weighted by Crippen LogP contribution is -2.30. The van der Waals surface area contributed by atoms with E-state index in [0.29, 0.717) is 19.3 Å². The first kappa shape index (κ1) is 60.9. The van der Waals surface area contributed by atoms with Crippen LogP contribution in [0.4, 0.5) is 0 Å². The van der Waals surface area contributed by atoms with E-state index < -0.39 is 6.10 Å². The zero-order valence-electron chi connectivity index (χ0n) is 42.4. The van der Waals surface area contributed by atoms with Gasteiger partial charge in [-0.25, -0.2) is 0 Å². The summed E-state index contributed by atoms with van der Waals surface area (Å²) in [6, 6.07) is 0. The maximum absolute atomic E-state index is 12.8. The van der Waals surface area contributed by atoms with Crippen molar-refractivity contribution in [2.24, 2.45) is 0 Å². The van der Waals surface area contributed by atoms with E-state index in [1.165, 1.54) is 186 Å². The first-order chi connectivity index (χ1) is 31.0. The molecule has 0 radical (unpaired) electrons. The van der Waals surface area contributed by atoms with Gasteiger partial charge in [0.2, 0.25) is 0 Å². The summed E-state index contributed by atoms with van der Waals surface area (Å²) in [4.78, 5) is 38.0. The summed E-state index contributed by atoms with van der Waals surface area (Å²) in [5, 5.41) is 0. The Morgan fingerprint density at radius 3 is 0.905 bits per heavy atom. The monoisotopic (exact) mass is 887 g/mol. The minimum atomic E-state index is -0.772. The third-order valence-corrected chi connectivity index (χ3v) is 12.5. The molecule has 0 rings (SSSR count). The Kier molecular flexibility index (Phi) is 50.8. The highest BCUT2D eigenvalue weighted by Crippen LogP contribution is 2.17. The average molecular weight is 887 g/mol. The molecule has 6 heteroatoms. The molecule has 63 heavy (non-hydrogen) atoms. The Hall–Kier alpha value is -2.11. The molecule has 0 heterocycles. The molecule has 0 aliphatic heterocycles. The summed E-state index contributed by atoms with van der Waals surface area (Å²) in [6.45, 7) is 6.64. The van der Waals surface area contributed by atoms with Gasteiger partial charge in [0.05, 0.1) is 0 Å². The van der Waals surface area contributed by atoms with E-state index >= 15 is 0 Å². The number of hydrogen-bond acceptors (Lipinski definition) is 6. The van der Waals surface area contributed by atoms with Crippen molar-refractivity contribution < 1.29 is 28.6 Å². The lowest BCUT2D eigenvalue weighted by atomic mass is 10.0. The fraction of sp³-hybridized carbons (Fsp3) is 0.877. The Balaban J connectivity index is 4.29. The zero-order chi connectivity index (χ0) is 45.8. The largest absolute Gasteiger partial charge is 0.462 e. The lowest BCUT2D eigenvalue weighted by Gasteiger charge is -2.18. The smallest absolute Gasteiger partial charge is 0.306 e. The van der Waals surface area contributed by atoms with Crippen LogP contribution in [0.25, 0.3) is 0 Å². The number of ether oxygens (including phenoxy) is 3. The van der Waals surface area contributed by atoms with Crippen molar-refractivity contribution in [3.63, 3.8) is 0 Å². The van der Waals surface area contributed by atoms with Crippen molar-refractivity contribution in [1.82, 2.24) is 0 Å². The maximum atomic E-state index is 12.8. The molecule has 0 aliphatic carbocycles. The van der Waals surface area contributed by atoms with Gasteiger partial charge in [-0.05, 0) is 51.4 Å². The minimum Gasteiger partial charge on any atom is -0.462 e. The molecule has 1 unspecified atom stereocenters. The summed E-state index contributed by atoms with van der Waals surface area (Å²) in [5.74, 6) is -0.868. The van der Waals surface area contributed by atoms with Gasteiger partial charge in [-0.1, -0.05) is 257 Å². The van der Waals surface area contributed by atoms with Crippen molar-refractivity contribution in [3.05, 3.63) is 24.3 Å². The number of hydrogen-bond donors (Lipinski definition) is 0. The molecule has 0 saturated carbocycles. The van der Waals surface area contributed by atoms with Crippen molar-refractivity contribution in [3.8, 4) is 0 Å². The molecule has 0 N–H and O–H groups in total. The van der Waals surface area contributed by atoms with E-state index in [2.05, 4.69) is 45.1 Å². The Labute approximate surface area is 392 Å². The molecule has 0 amide bonds. The molecule has 0 aromatic heterocycles. The van der Waals surface area contributed by atoms with Crippen LogP contribution in [0.3, 0.4) is 0 Å². The van der Waals surface area contributed by atoms with Gasteiger partial charge in [-0.3, -0.25) is 14.4 Å². The molecule has 0 spiro atoms. The lowest BCUT2D eigenvalue weighted by molar-refractivity contribution is -0.167. The van der Waals surface area contributed by atoms with E-state index in [9.17, 15) is 14.4 Å². The Bertz CT molecular complexity index is 1020. The van der Waals surface area contributed by atoms with Crippen molar-refractivity contribution in [1.29, 1.82) is 0 Å². The van der Waals surface area contributed by atoms with Crippen molar-refractivity contribution in [2.45, 2.75) is 309 Å². The number of carbonyl (C=O) groups is 3. The Morgan fingerprint density at radius 2 is 0.571 bits per heavy atom. The van der Waals surface area contributed by atoms with Gasteiger partial charge in [-0.15, -0.1) is 0 Å². The molecule has 0 aliphatic rings. The van der Waals surface area contributed by atoms with Crippen molar-refractivity contribution >= 4 is 17.9 Å². The van der Waals surface area contributed by atoms with E-state index in [1.807, 2.05) is 0 Å². The van der Waals surface area contributed by atoms with E-state index in [4.69, 9.17) is 14.2 Å². The first-order valence-electron chi connectivity index (χ1n) is 27.8. The maximum Gasteiger partial charge on any atom is 0.306 e. The molecule has 0 saturated heterocycles. The summed E-state index contributed by atoms with van der Waals surface area (Å²) in [7, 11) is 0. The normalized spacial score (nSPS) is 12.1. The standard InChI is InChI=1S/C57H106O6/c1-4-7-10-13-16-19-22-24-26-27-28-29-31-32-35-38-41-44-47-50-56(59)62-53-54(52-61-55(58)49-46-43-40-37-34-21-18-15-12-9-6-3)63-57(60)51-48-45-42-39-36-33-30-25-23-20-17-14-11-8-5-2/h17,20,25,30,54H,4-16,18-19,21-24,26-29,31-53H2,1-3H3/b20-17-,30-25-. The van der Waals surface area contributed by atoms with Crippen LogP contribution in [0.2, 0.25) is 0 Å². The molecule has 0 bridgehead atoms. The quantitative estimate of drug-likeness (QED) is 0.0262. The summed E-state index contributed by atoms with van der Waals surface area (Å²) in [5.41, 5.74) is 0. The summed E-state index contributed by atoms with van der Waals surface area (Å²) < 4.78 is 16.8. The van der Waals surface area contributed by atoms with Crippen molar-refractivity contribution in [2.75, 3.05) is 13.2 Å². The molecular weight excluding hydrogens is 781 g/mol. The van der Waals surface area contributed by atoms with Gasteiger partial charge in [0.1, 0.15) is 13.2 Å². The molecule has 0 fully saturated rings. The van der Waals surface area contributed by atoms with E-state index in [0.717, 1.165) is 77.0 Å². The minimum absolute atomic E-state index is 0.0718. The summed E-state index contributed by atoms with van der Waals surface area (Å²) >= 11 is 0. The predicted molar refractivity (Wildman–Crippen MR) is 270 cm³/mol. The topological polar surface area (TPSA) is 78.9 Å². The third-order valence-electron chi connectivity index (χ3n) is 12.5. The third kappa shape index (κ3) is 50.7. The number of esters is 3. The molecule has 0 aromatic rings. The zero-order valence-corrected chi connectivity index (χ0v) is 42.4. The van der Waals surface area contributed by atoms with Crippen LogP contribution in [-0.2, 0) is 28.6 Å². The highest BCUT2D eigenvalue weighted by molar-refractivity contribution is 5.71. The second kappa shape index (κ2) is 52.5. The molecular formula is C57H106O6. The van der Waals surface area contributed by atoms with Crippen LogP contribution in [0.1, 0.15) is 303 Å². The fourth-order valence-electron chi connectivity index (χ4n) is 8.24. The highest BCUT2D eigenvalue weighted by atomic mass is 16.6. The van der Waals surface area contributed by atoms with Crippen LogP contribution in [-0.4, -0.2) is 37.2 Å². The second-order valence-electron chi connectivity index (χ2n) is 18.9.